The van der Waals surface area contributed by atoms with Gasteiger partial charge < -0.3 is 0 Å². The Morgan fingerprint density at radius 1 is 1.25 bits per heavy atom. The number of thioether (sulfide) groups is 1. The summed E-state index contributed by atoms with van der Waals surface area (Å²) in [4.78, 5) is 12.7. The highest BCUT2D eigenvalue weighted by Gasteiger charge is 2.08. The molecule has 0 spiro atoms. The molecular formula is C14H22OS. The molecule has 0 fully saturated rings. The molecule has 0 aliphatic heterocycles. The van der Waals surface area contributed by atoms with Crippen LogP contribution in [0, 0.1) is 0 Å². The number of allylic oxidation sites excluding steroid dienone is 4. The van der Waals surface area contributed by atoms with Gasteiger partial charge in [0.1, 0.15) is 0 Å². The Morgan fingerprint density at radius 2 is 1.94 bits per heavy atom. The minimum Gasteiger partial charge on any atom is -0.294 e. The lowest BCUT2D eigenvalue weighted by Crippen LogP contribution is -1.98. The second-order valence-corrected chi connectivity index (χ2v) is 4.47. The van der Waals surface area contributed by atoms with Crippen molar-refractivity contribution < 1.29 is 4.79 Å². The molecule has 0 atom stereocenters. The second kappa shape index (κ2) is 9.46. The molecule has 90 valence electrons. The van der Waals surface area contributed by atoms with E-state index in [0.29, 0.717) is 0 Å². The molecule has 1 nitrogen and oxygen atoms in total. The Morgan fingerprint density at radius 3 is 2.38 bits per heavy atom. The van der Waals surface area contributed by atoms with E-state index in [4.69, 9.17) is 0 Å². The molecule has 0 aromatic rings. The molecule has 2 heteroatoms. The van der Waals surface area contributed by atoms with Crippen LogP contribution in [-0.2, 0) is 4.79 Å². The molecule has 0 saturated heterocycles. The summed E-state index contributed by atoms with van der Waals surface area (Å²) in [6.45, 7) is 7.84. The van der Waals surface area contributed by atoms with E-state index in [9.17, 15) is 4.79 Å². The summed E-state index contributed by atoms with van der Waals surface area (Å²) in [6.07, 6.45) is 9.16. The van der Waals surface area contributed by atoms with Gasteiger partial charge in [-0.05, 0) is 32.1 Å². The minimum absolute atomic E-state index is 0.158. The number of carbonyl (C=O) groups is 1. The molecule has 0 aliphatic rings. The van der Waals surface area contributed by atoms with Crippen LogP contribution in [0.4, 0.5) is 0 Å². The van der Waals surface area contributed by atoms with Crippen LogP contribution < -0.4 is 0 Å². The molecule has 0 aromatic carbocycles. The number of ketones is 1. The van der Waals surface area contributed by atoms with Gasteiger partial charge in [-0.15, -0.1) is 0 Å². The van der Waals surface area contributed by atoms with Crippen LogP contribution in [0.15, 0.2) is 34.1 Å². The van der Waals surface area contributed by atoms with E-state index in [0.717, 1.165) is 29.7 Å². The van der Waals surface area contributed by atoms with Gasteiger partial charge in [-0.3, -0.25) is 4.79 Å². The molecular weight excluding hydrogens is 216 g/mol. The van der Waals surface area contributed by atoms with Crippen LogP contribution in [0.1, 0.15) is 47.0 Å². The fourth-order valence-corrected chi connectivity index (χ4v) is 2.15. The third-order valence-electron chi connectivity index (χ3n) is 2.00. The van der Waals surface area contributed by atoms with Crippen LogP contribution in [0.5, 0.6) is 0 Å². The quantitative estimate of drug-likeness (QED) is 0.465. The molecule has 0 aliphatic carbocycles. The second-order valence-electron chi connectivity index (χ2n) is 3.53. The maximum absolute atomic E-state index is 11.6. The van der Waals surface area contributed by atoms with E-state index in [1.807, 2.05) is 18.4 Å². The van der Waals surface area contributed by atoms with Gasteiger partial charge in [0, 0.05) is 10.5 Å². The van der Waals surface area contributed by atoms with Crippen LogP contribution in [-0.4, -0.2) is 5.78 Å². The lowest BCUT2D eigenvalue weighted by Gasteiger charge is -2.06. The maximum atomic E-state index is 11.6. The van der Waals surface area contributed by atoms with E-state index in [2.05, 4.69) is 26.0 Å². The van der Waals surface area contributed by atoms with Crippen LogP contribution >= 0.6 is 11.8 Å². The predicted molar refractivity (Wildman–Crippen MR) is 74.5 cm³/mol. The van der Waals surface area contributed by atoms with Crippen molar-refractivity contribution in [1.82, 2.24) is 0 Å². The molecule has 0 radical (unpaired) electrons. The van der Waals surface area contributed by atoms with Crippen molar-refractivity contribution >= 4 is 17.5 Å². The van der Waals surface area contributed by atoms with E-state index in [1.165, 1.54) is 0 Å². The summed E-state index contributed by atoms with van der Waals surface area (Å²) in [6, 6.07) is 0. The van der Waals surface area contributed by atoms with Gasteiger partial charge in [0.15, 0.2) is 5.78 Å². The molecule has 0 N–H and O–H groups in total. The summed E-state index contributed by atoms with van der Waals surface area (Å²) < 4.78 is 0. The summed E-state index contributed by atoms with van der Waals surface area (Å²) in [5.74, 6) is 0.158. The van der Waals surface area contributed by atoms with Crippen molar-refractivity contribution in [2.75, 3.05) is 0 Å². The van der Waals surface area contributed by atoms with Gasteiger partial charge in [-0.25, -0.2) is 0 Å². The monoisotopic (exact) mass is 238 g/mol. The summed E-state index contributed by atoms with van der Waals surface area (Å²) in [7, 11) is 0. The highest BCUT2D eigenvalue weighted by atomic mass is 32.2. The summed E-state index contributed by atoms with van der Waals surface area (Å²) in [5.41, 5.74) is 0.867. The van der Waals surface area contributed by atoms with Crippen molar-refractivity contribution in [2.24, 2.45) is 0 Å². The number of unbranched alkanes of at least 4 members (excludes halogenated alkanes) is 1. The Bertz CT molecular complexity index is 298. The van der Waals surface area contributed by atoms with Gasteiger partial charge in [0.25, 0.3) is 0 Å². The summed E-state index contributed by atoms with van der Waals surface area (Å²) in [5, 5.41) is 2.02. The van der Waals surface area contributed by atoms with Crippen LogP contribution in [0.3, 0.4) is 0 Å². The van der Waals surface area contributed by atoms with Crippen LogP contribution in [0.2, 0.25) is 0 Å². The van der Waals surface area contributed by atoms with Crippen molar-refractivity contribution in [2.45, 2.75) is 47.0 Å². The molecule has 0 bridgehead atoms. The smallest absolute Gasteiger partial charge is 0.160 e. The van der Waals surface area contributed by atoms with Gasteiger partial charge in [0.2, 0.25) is 0 Å². The Labute approximate surface area is 104 Å². The summed E-state index contributed by atoms with van der Waals surface area (Å²) >= 11 is 1.62. The highest BCUT2D eigenvalue weighted by molar-refractivity contribution is 8.06. The molecule has 0 amide bonds. The van der Waals surface area contributed by atoms with Gasteiger partial charge in [0.05, 0.1) is 0 Å². The fraction of sp³-hybridized carbons (Fsp3) is 0.500. The van der Waals surface area contributed by atoms with Gasteiger partial charge >= 0.3 is 0 Å². The molecule has 0 rings (SSSR count). The Kier molecular flexibility index (Phi) is 9.02. The van der Waals surface area contributed by atoms with Gasteiger partial charge in [-0.1, -0.05) is 50.3 Å². The molecule has 0 saturated carbocycles. The Hall–Kier alpha value is -0.760. The number of carbonyl (C=O) groups excluding carboxylic acids is 1. The zero-order valence-corrected chi connectivity index (χ0v) is 11.6. The van der Waals surface area contributed by atoms with Crippen molar-refractivity contribution in [3.8, 4) is 0 Å². The lowest BCUT2D eigenvalue weighted by molar-refractivity contribution is -0.113. The highest BCUT2D eigenvalue weighted by Crippen LogP contribution is 2.27. The SMILES string of the molecule is C/C=C\SC(=C/CC)/C(=C\CCC)C(C)=O. The average molecular weight is 238 g/mol. The zero-order chi connectivity index (χ0) is 12.4. The Balaban J connectivity index is 4.95. The first-order chi connectivity index (χ1) is 7.67. The minimum atomic E-state index is 0.158. The van der Waals surface area contributed by atoms with Crippen molar-refractivity contribution in [3.05, 3.63) is 34.1 Å². The standard InChI is InChI=1S/C14H22OS/c1-5-8-10-13(12(4)15)14(9-6-2)16-11-7-3/h7,9-11H,5-6,8H2,1-4H3/b11-7-,13-10-,14-9+. The first-order valence-corrected chi connectivity index (χ1v) is 6.74. The number of hydrogen-bond acceptors (Lipinski definition) is 2. The van der Waals surface area contributed by atoms with Crippen molar-refractivity contribution in [3.63, 3.8) is 0 Å². The third kappa shape index (κ3) is 5.96. The molecule has 16 heavy (non-hydrogen) atoms. The fourth-order valence-electron chi connectivity index (χ4n) is 1.25. The topological polar surface area (TPSA) is 17.1 Å². The maximum Gasteiger partial charge on any atom is 0.160 e. The number of rotatable bonds is 7. The molecule has 0 aromatic heterocycles. The molecule has 0 unspecified atom stereocenters. The van der Waals surface area contributed by atoms with E-state index in [-0.39, 0.29) is 5.78 Å². The normalized spacial score (nSPS) is 13.5. The lowest BCUT2D eigenvalue weighted by atomic mass is 10.1. The van der Waals surface area contributed by atoms with Crippen LogP contribution in [0.25, 0.3) is 0 Å². The largest absolute Gasteiger partial charge is 0.294 e. The molecule has 0 heterocycles. The predicted octanol–water partition coefficient (Wildman–Crippen LogP) is 4.86. The van der Waals surface area contributed by atoms with E-state index >= 15 is 0 Å². The van der Waals surface area contributed by atoms with E-state index in [1.54, 1.807) is 18.7 Å². The van der Waals surface area contributed by atoms with Crippen molar-refractivity contribution in [1.29, 1.82) is 0 Å². The average Bonchev–Trinajstić information content (AvgIpc) is 2.25. The van der Waals surface area contributed by atoms with Gasteiger partial charge in [-0.2, -0.15) is 0 Å². The van der Waals surface area contributed by atoms with E-state index < -0.39 is 0 Å². The first kappa shape index (κ1) is 15.2. The number of Topliss-reactive ketones (excluding diaryl/α,β-unsaturated/α-hetero) is 1. The third-order valence-corrected chi connectivity index (χ3v) is 3.05. The number of hydrogen-bond donors (Lipinski definition) is 0. The zero-order valence-electron chi connectivity index (χ0n) is 10.7. The first-order valence-electron chi connectivity index (χ1n) is 5.86.